The molecule has 0 bridgehead atoms. The monoisotopic (exact) mass is 147 g/mol. The number of carbonyl (C=O) groups is 1. The van der Waals surface area contributed by atoms with Gasteiger partial charge >= 0.3 is 0 Å². The molecule has 0 spiro atoms. The zero-order valence-corrected chi connectivity index (χ0v) is 7.52. The lowest BCUT2D eigenvalue weighted by molar-refractivity contribution is -0.0979. The number of rotatable bonds is 3. The minimum atomic E-state index is 1.36. The Bertz CT molecular complexity index is 28.4. The third kappa shape index (κ3) is 48.5. The smallest absolute Gasteiger partial charge is 0.106 e. The Morgan fingerprint density at radius 1 is 1.00 bits per heavy atom. The van der Waals surface area contributed by atoms with Gasteiger partial charge in [-0.05, 0) is 7.05 Å². The summed E-state index contributed by atoms with van der Waals surface area (Å²) in [7, 11) is 1.50. The van der Waals surface area contributed by atoms with Gasteiger partial charge in [0.15, 0.2) is 0 Å². The molecule has 10 heavy (non-hydrogen) atoms. The highest BCUT2D eigenvalue weighted by molar-refractivity contribution is 5.10. The van der Waals surface area contributed by atoms with Crippen LogP contribution in [0.4, 0.5) is 0 Å². The number of nitrogens with two attached hydrogens (primary N) is 1. The molecule has 0 aliphatic heterocycles. The van der Waals surface area contributed by atoms with E-state index in [1.54, 1.807) is 0 Å². The van der Waals surface area contributed by atoms with E-state index in [2.05, 4.69) is 19.6 Å². The van der Waals surface area contributed by atoms with Crippen LogP contribution in [0.5, 0.6) is 0 Å². The van der Waals surface area contributed by atoms with Gasteiger partial charge in [-0.25, -0.2) is 0 Å². The molecule has 2 heteroatoms. The summed E-state index contributed by atoms with van der Waals surface area (Å²) in [6, 6.07) is 0. The first-order valence-electron chi connectivity index (χ1n) is 3.78. The van der Waals surface area contributed by atoms with Gasteiger partial charge in [-0.15, -0.1) is 0 Å². The minimum Gasteiger partial charge on any atom is -0.333 e. The molecule has 2 nitrogen and oxygen atoms in total. The molecule has 0 heterocycles. The summed E-state index contributed by atoms with van der Waals surface area (Å²) in [4.78, 5) is 8.00. The van der Waals surface area contributed by atoms with E-state index in [0.717, 1.165) is 0 Å². The van der Waals surface area contributed by atoms with Crippen LogP contribution in [0.1, 0.15) is 39.5 Å². The van der Waals surface area contributed by atoms with Gasteiger partial charge in [-0.1, -0.05) is 39.5 Å². The largest absolute Gasteiger partial charge is 0.333 e. The summed E-state index contributed by atoms with van der Waals surface area (Å²) >= 11 is 0. The van der Waals surface area contributed by atoms with Crippen molar-refractivity contribution >= 4 is 6.79 Å². The third-order valence-corrected chi connectivity index (χ3v) is 0.957. The molecule has 0 amide bonds. The molecular formula is C8H21NO. The van der Waals surface area contributed by atoms with Gasteiger partial charge in [0.1, 0.15) is 6.79 Å². The molecule has 0 radical (unpaired) electrons. The number of carbonyl (C=O) groups excluding carboxylic acids is 1. The van der Waals surface area contributed by atoms with Crippen molar-refractivity contribution in [1.82, 2.24) is 0 Å². The Hall–Kier alpha value is -0.370. The van der Waals surface area contributed by atoms with Gasteiger partial charge in [0, 0.05) is 0 Å². The molecule has 0 aliphatic rings. The summed E-state index contributed by atoms with van der Waals surface area (Å²) in [5.41, 5.74) is 4.50. The molecule has 0 aromatic rings. The fraction of sp³-hybridized carbons (Fsp3) is 0.875. The van der Waals surface area contributed by atoms with Crippen molar-refractivity contribution in [3.63, 3.8) is 0 Å². The van der Waals surface area contributed by atoms with Gasteiger partial charge in [0.25, 0.3) is 0 Å². The van der Waals surface area contributed by atoms with E-state index in [4.69, 9.17) is 4.79 Å². The van der Waals surface area contributed by atoms with E-state index in [1.807, 2.05) is 6.79 Å². The van der Waals surface area contributed by atoms with E-state index in [0.29, 0.717) is 0 Å². The van der Waals surface area contributed by atoms with Crippen LogP contribution in [0, 0.1) is 0 Å². The first kappa shape index (κ1) is 16.3. The maximum atomic E-state index is 8.00. The van der Waals surface area contributed by atoms with Crippen LogP contribution in [0.15, 0.2) is 0 Å². The van der Waals surface area contributed by atoms with Gasteiger partial charge < -0.3 is 10.5 Å². The SMILES string of the molecule is C=O.CCCCCC.CN. The lowest BCUT2D eigenvalue weighted by Gasteiger charge is -1.86. The van der Waals surface area contributed by atoms with Crippen LogP contribution in [-0.2, 0) is 4.79 Å². The molecule has 0 unspecified atom stereocenters. The Balaban J connectivity index is -0.000000105. The second-order valence-corrected chi connectivity index (χ2v) is 1.71. The van der Waals surface area contributed by atoms with Crippen LogP contribution in [-0.4, -0.2) is 13.8 Å². The van der Waals surface area contributed by atoms with Crippen molar-refractivity contribution in [3.05, 3.63) is 0 Å². The van der Waals surface area contributed by atoms with Crippen molar-refractivity contribution in [2.24, 2.45) is 5.73 Å². The number of unbranched alkanes of at least 4 members (excludes halogenated alkanes) is 3. The zero-order chi connectivity index (χ0) is 8.83. The van der Waals surface area contributed by atoms with Crippen molar-refractivity contribution < 1.29 is 4.79 Å². The zero-order valence-electron chi connectivity index (χ0n) is 7.52. The summed E-state index contributed by atoms with van der Waals surface area (Å²) in [6.07, 6.45) is 5.54. The normalized spacial score (nSPS) is 6.40. The molecule has 0 aromatic heterocycles. The first-order valence-corrected chi connectivity index (χ1v) is 3.78. The maximum absolute atomic E-state index is 8.00. The lowest BCUT2D eigenvalue weighted by Crippen LogP contribution is -1.69. The van der Waals surface area contributed by atoms with Gasteiger partial charge in [0.05, 0.1) is 0 Å². The number of hydrogen-bond acceptors (Lipinski definition) is 2. The molecular weight excluding hydrogens is 126 g/mol. The second-order valence-electron chi connectivity index (χ2n) is 1.71. The van der Waals surface area contributed by atoms with Crippen LogP contribution >= 0.6 is 0 Å². The molecule has 0 saturated heterocycles. The van der Waals surface area contributed by atoms with Crippen LogP contribution in [0.2, 0.25) is 0 Å². The molecule has 0 fully saturated rings. The highest BCUT2D eigenvalue weighted by atomic mass is 16.1. The van der Waals surface area contributed by atoms with E-state index in [1.165, 1.54) is 32.7 Å². The van der Waals surface area contributed by atoms with Crippen LogP contribution in [0.25, 0.3) is 0 Å². The van der Waals surface area contributed by atoms with Crippen LogP contribution < -0.4 is 5.73 Å². The predicted octanol–water partition coefficient (Wildman–Crippen LogP) is 1.98. The number of hydrogen-bond donors (Lipinski definition) is 1. The average Bonchev–Trinajstić information content (AvgIpc) is 2.08. The maximum Gasteiger partial charge on any atom is 0.106 e. The van der Waals surface area contributed by atoms with Crippen molar-refractivity contribution in [3.8, 4) is 0 Å². The van der Waals surface area contributed by atoms with Crippen molar-refractivity contribution in [2.45, 2.75) is 39.5 Å². The van der Waals surface area contributed by atoms with Gasteiger partial charge in [-0.2, -0.15) is 0 Å². The highest BCUT2D eigenvalue weighted by Crippen LogP contribution is 1.95. The van der Waals surface area contributed by atoms with E-state index in [9.17, 15) is 0 Å². The third-order valence-electron chi connectivity index (χ3n) is 0.957. The Kier molecular flexibility index (Phi) is 62.2. The van der Waals surface area contributed by atoms with E-state index < -0.39 is 0 Å². The standard InChI is InChI=1S/C6H14.CH5N.CH2O/c1-3-5-6-4-2;2*1-2/h3-6H2,1-2H3;2H2,1H3;1H2. The quantitative estimate of drug-likeness (QED) is 0.620. The van der Waals surface area contributed by atoms with Gasteiger partial charge in [-0.3, -0.25) is 0 Å². The predicted molar refractivity (Wildman–Crippen MR) is 47.0 cm³/mol. The fourth-order valence-electron chi connectivity index (χ4n) is 0.500. The molecule has 2 N–H and O–H groups in total. The molecule has 64 valence electrons. The topological polar surface area (TPSA) is 43.1 Å². The Labute approximate surface area is 64.8 Å². The van der Waals surface area contributed by atoms with Crippen molar-refractivity contribution in [2.75, 3.05) is 7.05 Å². The van der Waals surface area contributed by atoms with Gasteiger partial charge in [0.2, 0.25) is 0 Å². The molecule has 0 atom stereocenters. The van der Waals surface area contributed by atoms with E-state index in [-0.39, 0.29) is 0 Å². The fourth-order valence-corrected chi connectivity index (χ4v) is 0.500. The van der Waals surface area contributed by atoms with Crippen molar-refractivity contribution in [1.29, 1.82) is 0 Å². The van der Waals surface area contributed by atoms with E-state index >= 15 is 0 Å². The summed E-state index contributed by atoms with van der Waals surface area (Å²) in [6.45, 7) is 6.46. The molecule has 0 aromatic carbocycles. The highest BCUT2D eigenvalue weighted by Gasteiger charge is 1.75. The Morgan fingerprint density at radius 3 is 1.30 bits per heavy atom. The molecule has 0 rings (SSSR count). The lowest BCUT2D eigenvalue weighted by atomic mass is 10.2. The average molecular weight is 147 g/mol. The van der Waals surface area contributed by atoms with Crippen LogP contribution in [0.3, 0.4) is 0 Å². The molecule has 0 aliphatic carbocycles. The summed E-state index contributed by atoms with van der Waals surface area (Å²) in [5.74, 6) is 0. The summed E-state index contributed by atoms with van der Waals surface area (Å²) in [5, 5.41) is 0. The Morgan fingerprint density at radius 2 is 1.20 bits per heavy atom. The molecule has 0 saturated carbocycles. The first-order chi connectivity index (χ1) is 4.91. The minimum absolute atomic E-state index is 1.36. The summed E-state index contributed by atoms with van der Waals surface area (Å²) < 4.78 is 0. The second kappa shape index (κ2) is 38.1.